The number of rotatable bonds is 5. The van der Waals surface area contributed by atoms with E-state index in [0.717, 1.165) is 0 Å². The van der Waals surface area contributed by atoms with E-state index in [-0.39, 0.29) is 37.3 Å². The van der Waals surface area contributed by atoms with Gasteiger partial charge in [0.15, 0.2) is 34.7 Å². The van der Waals surface area contributed by atoms with Gasteiger partial charge in [0.1, 0.15) is 5.75 Å². The zero-order valence-corrected chi connectivity index (χ0v) is 20.0. The summed E-state index contributed by atoms with van der Waals surface area (Å²) < 4.78 is 5.13. The van der Waals surface area contributed by atoms with Crippen molar-refractivity contribution >= 4 is 35.1 Å². The van der Waals surface area contributed by atoms with Crippen molar-refractivity contribution in [3.8, 4) is 5.75 Å². The van der Waals surface area contributed by atoms with Crippen LogP contribution in [0.15, 0.2) is 12.1 Å². The summed E-state index contributed by atoms with van der Waals surface area (Å²) in [5.74, 6) is -10.6. The Balaban J connectivity index is 1.70. The van der Waals surface area contributed by atoms with Gasteiger partial charge in [0.2, 0.25) is 5.91 Å². The topological polar surface area (TPSA) is 181 Å². The summed E-state index contributed by atoms with van der Waals surface area (Å²) >= 11 is 0. The highest BCUT2D eigenvalue weighted by Gasteiger charge is 2.66. The predicted octanol–water partition coefficient (Wildman–Crippen LogP) is 0.305. The van der Waals surface area contributed by atoms with E-state index in [1.54, 1.807) is 6.07 Å². The maximum absolute atomic E-state index is 13.5. The van der Waals surface area contributed by atoms with Crippen molar-refractivity contribution in [2.45, 2.75) is 44.8 Å². The van der Waals surface area contributed by atoms with Crippen LogP contribution in [0, 0.1) is 23.7 Å². The van der Waals surface area contributed by atoms with Crippen molar-refractivity contribution in [1.29, 1.82) is 0 Å². The molecule has 5 atom stereocenters. The number of Topliss-reactive ketones (excluding diaryl/α,β-unsaturated/α-hetero) is 4. The van der Waals surface area contributed by atoms with Crippen LogP contribution in [-0.2, 0) is 36.9 Å². The lowest BCUT2D eigenvalue weighted by molar-refractivity contribution is -0.175. The first-order chi connectivity index (χ1) is 16.9. The molecule has 36 heavy (non-hydrogen) atoms. The van der Waals surface area contributed by atoms with E-state index in [1.807, 2.05) is 6.92 Å². The number of nitrogens with two attached hydrogens (primary N) is 1. The molecule has 11 heteroatoms. The van der Waals surface area contributed by atoms with Crippen LogP contribution in [0.4, 0.5) is 4.79 Å². The largest absolute Gasteiger partial charge is 0.507 e. The first-order valence-electron chi connectivity index (χ1n) is 11.8. The number of amides is 2. The SMILES string of the molecule is CCCOC(=O)N(C)Cc1ccc(O)c2c1C[C@H]1C[C@H]3CC(=O)C(C(N)=O)C(=O)[C@@]3(O)C(=O)C1C2=O. The molecule has 11 nitrogen and oxygen atoms in total. The van der Waals surface area contributed by atoms with Gasteiger partial charge >= 0.3 is 6.09 Å². The molecule has 0 spiro atoms. The number of ether oxygens (including phenoxy) is 1. The van der Waals surface area contributed by atoms with Gasteiger partial charge in [-0.3, -0.25) is 24.0 Å². The van der Waals surface area contributed by atoms with Gasteiger partial charge in [0.25, 0.3) is 0 Å². The predicted molar refractivity (Wildman–Crippen MR) is 122 cm³/mol. The highest BCUT2D eigenvalue weighted by molar-refractivity contribution is 6.31. The Morgan fingerprint density at radius 3 is 2.50 bits per heavy atom. The average molecular weight is 501 g/mol. The van der Waals surface area contributed by atoms with E-state index in [0.29, 0.717) is 17.5 Å². The maximum Gasteiger partial charge on any atom is 0.409 e. The number of nitrogens with zero attached hydrogens (tertiary/aromatic N) is 1. The van der Waals surface area contributed by atoms with Gasteiger partial charge in [-0.25, -0.2) is 4.79 Å². The molecule has 2 saturated carbocycles. The molecule has 2 fully saturated rings. The van der Waals surface area contributed by atoms with Gasteiger partial charge in [0, 0.05) is 25.9 Å². The molecule has 4 rings (SSSR count). The second kappa shape index (κ2) is 9.12. The number of hydrogen-bond acceptors (Lipinski definition) is 9. The second-order valence-corrected chi connectivity index (χ2v) is 9.81. The fraction of sp³-hybridized carbons (Fsp3) is 0.520. The zero-order chi connectivity index (χ0) is 26.5. The lowest BCUT2D eigenvalue weighted by Gasteiger charge is -2.48. The first-order valence-corrected chi connectivity index (χ1v) is 11.8. The quantitative estimate of drug-likeness (QED) is 0.479. The number of benzene rings is 1. The fourth-order valence-corrected chi connectivity index (χ4v) is 5.80. The molecule has 3 aliphatic rings. The van der Waals surface area contributed by atoms with Gasteiger partial charge in [-0.05, 0) is 42.4 Å². The van der Waals surface area contributed by atoms with Crippen LogP contribution in [0.2, 0.25) is 0 Å². The van der Waals surface area contributed by atoms with Crippen LogP contribution < -0.4 is 5.73 Å². The Morgan fingerprint density at radius 1 is 1.17 bits per heavy atom. The van der Waals surface area contributed by atoms with Gasteiger partial charge in [-0.15, -0.1) is 0 Å². The Bertz CT molecular complexity index is 1190. The Hall–Kier alpha value is -3.60. The second-order valence-electron chi connectivity index (χ2n) is 9.81. The molecule has 0 bridgehead atoms. The van der Waals surface area contributed by atoms with E-state index in [4.69, 9.17) is 10.5 Å². The van der Waals surface area contributed by atoms with Crippen LogP contribution in [0.3, 0.4) is 0 Å². The molecule has 192 valence electrons. The van der Waals surface area contributed by atoms with Crippen molar-refractivity contribution in [2.24, 2.45) is 29.4 Å². The average Bonchev–Trinajstić information content (AvgIpc) is 2.81. The van der Waals surface area contributed by atoms with Crippen molar-refractivity contribution in [3.05, 3.63) is 28.8 Å². The van der Waals surface area contributed by atoms with E-state index >= 15 is 0 Å². The molecular formula is C25H28N2O9. The van der Waals surface area contributed by atoms with Gasteiger partial charge < -0.3 is 25.6 Å². The molecule has 0 heterocycles. The monoisotopic (exact) mass is 500 g/mol. The third-order valence-corrected chi connectivity index (χ3v) is 7.53. The molecule has 2 unspecified atom stereocenters. The highest BCUT2D eigenvalue weighted by atomic mass is 16.6. The fourth-order valence-electron chi connectivity index (χ4n) is 5.80. The molecule has 1 aromatic rings. The van der Waals surface area contributed by atoms with Crippen LogP contribution in [0.25, 0.3) is 0 Å². The summed E-state index contributed by atoms with van der Waals surface area (Å²) in [5, 5.41) is 21.7. The number of ketones is 4. The Labute approximate surface area is 206 Å². The van der Waals surface area contributed by atoms with Crippen molar-refractivity contribution in [3.63, 3.8) is 0 Å². The third kappa shape index (κ3) is 3.78. The first kappa shape index (κ1) is 25.5. The standard InChI is InChI=1S/C25H28N2O9/c1-3-6-36-24(34)27(2)10-11-4-5-15(28)18-14(11)8-12-7-13-9-16(29)19(23(26)33)22(32)25(13,35)21(31)17(12)20(18)30/h4-5,12-13,17,19,28,35H,3,6-10H2,1-2H3,(H2,26,33)/t12-,13+,17?,19?,25+/m1/s1. The van der Waals surface area contributed by atoms with Crippen molar-refractivity contribution in [2.75, 3.05) is 13.7 Å². The van der Waals surface area contributed by atoms with Gasteiger partial charge in [-0.2, -0.15) is 0 Å². The van der Waals surface area contributed by atoms with E-state index < -0.39 is 70.8 Å². The molecule has 0 aromatic heterocycles. The number of aliphatic hydroxyl groups is 1. The minimum atomic E-state index is -2.68. The summed E-state index contributed by atoms with van der Waals surface area (Å²) in [5.41, 5.74) is 3.42. The number of hydrogen-bond donors (Lipinski definition) is 3. The number of carbonyl (C=O) groups is 6. The highest BCUT2D eigenvalue weighted by Crippen LogP contribution is 2.50. The summed E-state index contributed by atoms with van der Waals surface area (Å²) in [7, 11) is 1.53. The minimum absolute atomic E-state index is 0.00449. The summed E-state index contributed by atoms with van der Waals surface area (Å²) in [6.45, 7) is 2.19. The summed E-state index contributed by atoms with van der Waals surface area (Å²) in [6, 6.07) is 2.87. The number of primary amides is 1. The molecular weight excluding hydrogens is 472 g/mol. The van der Waals surface area contributed by atoms with Crippen LogP contribution >= 0.6 is 0 Å². The Kier molecular flexibility index (Phi) is 6.46. The van der Waals surface area contributed by atoms with Crippen LogP contribution in [-0.4, -0.2) is 69.5 Å². The smallest absolute Gasteiger partial charge is 0.409 e. The number of fused-ring (bicyclic) bond motifs is 3. The molecule has 3 aliphatic carbocycles. The van der Waals surface area contributed by atoms with Gasteiger partial charge in [0.05, 0.1) is 18.1 Å². The Morgan fingerprint density at radius 2 is 1.86 bits per heavy atom. The van der Waals surface area contributed by atoms with Crippen LogP contribution in [0.5, 0.6) is 5.75 Å². The van der Waals surface area contributed by atoms with E-state index in [2.05, 4.69) is 0 Å². The van der Waals surface area contributed by atoms with E-state index in [9.17, 15) is 39.0 Å². The molecule has 0 radical (unpaired) electrons. The lowest BCUT2D eigenvalue weighted by Crippen LogP contribution is -2.68. The van der Waals surface area contributed by atoms with Crippen molar-refractivity contribution in [1.82, 2.24) is 4.90 Å². The number of aromatic hydroxyl groups is 1. The van der Waals surface area contributed by atoms with Crippen LogP contribution in [0.1, 0.15) is 47.7 Å². The number of phenols is 1. The number of carbonyl (C=O) groups excluding carboxylic acids is 6. The molecule has 4 N–H and O–H groups in total. The summed E-state index contributed by atoms with van der Waals surface area (Å²) in [6.07, 6.45) is -0.152. The number of phenolic OH excluding ortho intramolecular Hbond substituents is 1. The zero-order valence-electron chi connectivity index (χ0n) is 20.0. The molecule has 0 aliphatic heterocycles. The minimum Gasteiger partial charge on any atom is -0.507 e. The van der Waals surface area contributed by atoms with E-state index in [1.165, 1.54) is 18.0 Å². The molecule has 0 saturated heterocycles. The van der Waals surface area contributed by atoms with Gasteiger partial charge in [-0.1, -0.05) is 13.0 Å². The maximum atomic E-state index is 13.5. The lowest BCUT2D eigenvalue weighted by atomic mass is 9.53. The normalized spacial score (nSPS) is 29.2. The molecule has 2 amide bonds. The molecule has 1 aromatic carbocycles. The summed E-state index contributed by atoms with van der Waals surface area (Å²) in [4.78, 5) is 77.7. The third-order valence-electron chi connectivity index (χ3n) is 7.53. The van der Waals surface area contributed by atoms with Crippen molar-refractivity contribution < 1.29 is 43.7 Å².